The average Bonchev–Trinajstić information content (AvgIpc) is 2.81. The van der Waals surface area contributed by atoms with Crippen molar-refractivity contribution in [3.63, 3.8) is 0 Å². The fraction of sp³-hybridized carbons (Fsp3) is 1.00. The maximum atomic E-state index is 5.11. The third kappa shape index (κ3) is 28.1. The minimum atomic E-state index is 0.942. The Labute approximate surface area is 211 Å². The Morgan fingerprint density at radius 3 is 1.00 bits per heavy atom. The minimum Gasteiger partial charge on any atom is -0.385 e. The first-order valence-corrected chi connectivity index (χ1v) is 15.7. The maximum Gasteiger partial charge on any atom is 0.0462 e. The van der Waals surface area contributed by atoms with Crippen LogP contribution in [0.2, 0.25) is 0 Å². The van der Waals surface area contributed by atoms with Gasteiger partial charge in [-0.3, -0.25) is 0 Å². The fourth-order valence-electron chi connectivity index (χ4n) is 5.23. The predicted octanol–water partition coefficient (Wildman–Crippen LogP) is 11.7. The summed E-state index contributed by atoms with van der Waals surface area (Å²) >= 11 is 0. The van der Waals surface area contributed by atoms with Crippen molar-refractivity contribution in [2.75, 3.05) is 13.7 Å². The Bertz CT molecular complexity index is 339. The van der Waals surface area contributed by atoms with Gasteiger partial charge in [-0.1, -0.05) is 175 Å². The fourth-order valence-corrected chi connectivity index (χ4v) is 5.23. The molecule has 0 spiro atoms. The van der Waals surface area contributed by atoms with Gasteiger partial charge in [0.1, 0.15) is 0 Å². The molecule has 200 valence electrons. The van der Waals surface area contributed by atoms with Crippen LogP contribution in [0.3, 0.4) is 0 Å². The lowest BCUT2D eigenvalue weighted by Gasteiger charge is -2.13. The van der Waals surface area contributed by atoms with Gasteiger partial charge in [-0.05, 0) is 18.3 Å². The minimum absolute atomic E-state index is 0.942. The first kappa shape index (κ1) is 33.0. The van der Waals surface area contributed by atoms with Gasteiger partial charge in [0.05, 0.1) is 0 Å². The van der Waals surface area contributed by atoms with E-state index >= 15 is 0 Å². The number of rotatable bonds is 28. The molecular weight excluding hydrogens is 400 g/mol. The van der Waals surface area contributed by atoms with Crippen LogP contribution in [-0.2, 0) is 4.74 Å². The van der Waals surface area contributed by atoms with E-state index in [1.807, 2.05) is 7.11 Å². The highest BCUT2D eigenvalue weighted by Crippen LogP contribution is 2.21. The lowest BCUT2D eigenvalue weighted by Crippen LogP contribution is -1.97. The van der Waals surface area contributed by atoms with Crippen LogP contribution in [0.25, 0.3) is 0 Å². The third-order valence-electron chi connectivity index (χ3n) is 7.74. The molecule has 0 aliphatic carbocycles. The normalized spacial score (nSPS) is 13.5. The van der Waals surface area contributed by atoms with Gasteiger partial charge in [0.25, 0.3) is 0 Å². The van der Waals surface area contributed by atoms with Crippen molar-refractivity contribution in [1.82, 2.24) is 0 Å². The zero-order valence-electron chi connectivity index (χ0n) is 23.9. The molecule has 0 aliphatic heterocycles. The van der Waals surface area contributed by atoms with E-state index in [-0.39, 0.29) is 0 Å². The van der Waals surface area contributed by atoms with E-state index < -0.39 is 0 Å². The van der Waals surface area contributed by atoms with Crippen LogP contribution in [0.15, 0.2) is 0 Å². The first-order chi connectivity index (χ1) is 16.2. The number of unbranched alkanes of at least 4 members (excludes halogenated alkanes) is 18. The molecule has 0 saturated heterocycles. The molecule has 0 aromatic rings. The van der Waals surface area contributed by atoms with Crippen LogP contribution >= 0.6 is 0 Å². The van der Waals surface area contributed by atoms with Crippen LogP contribution in [0, 0.1) is 11.8 Å². The molecule has 0 rings (SSSR count). The standard InChI is InChI=1S/C32H66O/c1-5-6-7-8-14-17-21-26-31(2)28-23-20-24-29-32(3)27-22-18-15-12-10-9-11-13-16-19-25-30-33-4/h31-32H,5-30H2,1-4H3. The van der Waals surface area contributed by atoms with Crippen molar-refractivity contribution in [2.24, 2.45) is 11.8 Å². The van der Waals surface area contributed by atoms with Crippen LogP contribution < -0.4 is 0 Å². The second kappa shape index (κ2) is 28.2. The quantitative estimate of drug-likeness (QED) is 0.104. The van der Waals surface area contributed by atoms with E-state index in [0.29, 0.717) is 0 Å². The topological polar surface area (TPSA) is 9.23 Å². The van der Waals surface area contributed by atoms with Crippen LogP contribution in [0.1, 0.15) is 181 Å². The van der Waals surface area contributed by atoms with Gasteiger partial charge in [0.2, 0.25) is 0 Å². The largest absolute Gasteiger partial charge is 0.385 e. The van der Waals surface area contributed by atoms with E-state index in [0.717, 1.165) is 18.4 Å². The smallest absolute Gasteiger partial charge is 0.0462 e. The van der Waals surface area contributed by atoms with Gasteiger partial charge in [-0.2, -0.15) is 0 Å². The molecular formula is C32H66O. The number of hydrogen-bond donors (Lipinski definition) is 0. The molecule has 2 unspecified atom stereocenters. The van der Waals surface area contributed by atoms with Gasteiger partial charge in [0, 0.05) is 13.7 Å². The third-order valence-corrected chi connectivity index (χ3v) is 7.74. The second-order valence-electron chi connectivity index (χ2n) is 11.4. The zero-order valence-corrected chi connectivity index (χ0v) is 23.9. The summed E-state index contributed by atoms with van der Waals surface area (Å²) < 4.78 is 5.11. The Morgan fingerprint density at radius 1 is 0.394 bits per heavy atom. The molecule has 0 aliphatic rings. The van der Waals surface area contributed by atoms with Crippen molar-refractivity contribution in [3.8, 4) is 0 Å². The summed E-state index contributed by atoms with van der Waals surface area (Å²) in [5, 5.41) is 0. The molecule has 33 heavy (non-hydrogen) atoms. The highest BCUT2D eigenvalue weighted by molar-refractivity contribution is 4.58. The Kier molecular flexibility index (Phi) is 28.2. The van der Waals surface area contributed by atoms with Gasteiger partial charge in [0.15, 0.2) is 0 Å². The lowest BCUT2D eigenvalue weighted by atomic mass is 9.93. The van der Waals surface area contributed by atoms with E-state index in [9.17, 15) is 0 Å². The van der Waals surface area contributed by atoms with Gasteiger partial charge in [-0.25, -0.2) is 0 Å². The van der Waals surface area contributed by atoms with E-state index in [2.05, 4.69) is 20.8 Å². The summed E-state index contributed by atoms with van der Waals surface area (Å²) in [6.07, 6.45) is 36.1. The summed E-state index contributed by atoms with van der Waals surface area (Å²) in [5.41, 5.74) is 0. The molecule has 0 saturated carbocycles. The summed E-state index contributed by atoms with van der Waals surface area (Å²) in [7, 11) is 1.81. The van der Waals surface area contributed by atoms with Gasteiger partial charge >= 0.3 is 0 Å². The Hall–Kier alpha value is -0.0400. The van der Waals surface area contributed by atoms with Crippen molar-refractivity contribution in [3.05, 3.63) is 0 Å². The molecule has 0 N–H and O–H groups in total. The molecule has 0 heterocycles. The molecule has 0 bridgehead atoms. The summed E-state index contributed by atoms with van der Waals surface area (Å²) in [5.74, 6) is 1.91. The molecule has 0 amide bonds. The summed E-state index contributed by atoms with van der Waals surface area (Å²) in [6.45, 7) is 8.23. The molecule has 2 atom stereocenters. The molecule has 0 fully saturated rings. The van der Waals surface area contributed by atoms with Crippen molar-refractivity contribution in [2.45, 2.75) is 181 Å². The van der Waals surface area contributed by atoms with E-state index in [4.69, 9.17) is 4.74 Å². The molecule has 0 aromatic carbocycles. The van der Waals surface area contributed by atoms with Crippen LogP contribution in [-0.4, -0.2) is 13.7 Å². The molecule has 1 nitrogen and oxygen atoms in total. The Morgan fingerprint density at radius 2 is 0.667 bits per heavy atom. The van der Waals surface area contributed by atoms with Gasteiger partial charge in [-0.15, -0.1) is 0 Å². The average molecular weight is 467 g/mol. The van der Waals surface area contributed by atoms with Crippen molar-refractivity contribution < 1.29 is 4.74 Å². The van der Waals surface area contributed by atoms with Crippen LogP contribution in [0.4, 0.5) is 0 Å². The van der Waals surface area contributed by atoms with Crippen LogP contribution in [0.5, 0.6) is 0 Å². The first-order valence-electron chi connectivity index (χ1n) is 15.7. The van der Waals surface area contributed by atoms with E-state index in [1.165, 1.54) is 161 Å². The van der Waals surface area contributed by atoms with E-state index in [1.54, 1.807) is 0 Å². The van der Waals surface area contributed by atoms with Gasteiger partial charge < -0.3 is 4.74 Å². The number of methoxy groups -OCH3 is 1. The molecule has 1 heteroatoms. The number of hydrogen-bond acceptors (Lipinski definition) is 1. The summed E-state index contributed by atoms with van der Waals surface area (Å²) in [4.78, 5) is 0. The lowest BCUT2D eigenvalue weighted by molar-refractivity contribution is 0.192. The maximum absolute atomic E-state index is 5.11. The zero-order chi connectivity index (χ0) is 24.2. The molecule has 0 aromatic heterocycles. The SMILES string of the molecule is CCCCCCCCCC(C)CCCCCC(C)CCCCCCCCCCCCCOC. The molecule has 0 radical (unpaired) electrons. The van der Waals surface area contributed by atoms with Crippen molar-refractivity contribution >= 4 is 0 Å². The monoisotopic (exact) mass is 467 g/mol. The van der Waals surface area contributed by atoms with Crippen molar-refractivity contribution in [1.29, 1.82) is 0 Å². The highest BCUT2D eigenvalue weighted by Gasteiger charge is 2.05. The summed E-state index contributed by atoms with van der Waals surface area (Å²) in [6, 6.07) is 0. The number of ether oxygens (including phenoxy) is 1. The second-order valence-corrected chi connectivity index (χ2v) is 11.4. The predicted molar refractivity (Wildman–Crippen MR) is 151 cm³/mol. The highest BCUT2D eigenvalue weighted by atomic mass is 16.5. The Balaban J connectivity index is 3.24.